The van der Waals surface area contributed by atoms with Crippen molar-refractivity contribution in [3.63, 3.8) is 0 Å². The zero-order chi connectivity index (χ0) is 19.6. The van der Waals surface area contributed by atoms with E-state index in [4.69, 9.17) is 9.47 Å². The van der Waals surface area contributed by atoms with E-state index in [9.17, 15) is 14.4 Å². The summed E-state index contributed by atoms with van der Waals surface area (Å²) in [7, 11) is 2.50. The average molecular weight is 368 g/mol. The molecule has 0 saturated heterocycles. The monoisotopic (exact) mass is 368 g/mol. The van der Waals surface area contributed by atoms with Gasteiger partial charge in [0, 0.05) is 24.1 Å². The van der Waals surface area contributed by atoms with Crippen molar-refractivity contribution in [2.75, 3.05) is 30.6 Å². The zero-order valence-electron chi connectivity index (χ0n) is 15.4. The van der Waals surface area contributed by atoms with Crippen LogP contribution in [0.4, 0.5) is 11.4 Å². The highest BCUT2D eigenvalue weighted by atomic mass is 16.5. The van der Waals surface area contributed by atoms with Gasteiger partial charge in [-0.25, -0.2) is 9.59 Å². The Morgan fingerprint density at radius 2 is 1.85 bits per heavy atom. The summed E-state index contributed by atoms with van der Waals surface area (Å²) in [5.41, 5.74) is 2.50. The molecular weight excluding hydrogens is 348 g/mol. The summed E-state index contributed by atoms with van der Waals surface area (Å²) < 4.78 is 9.70. The molecule has 140 valence electrons. The van der Waals surface area contributed by atoms with Gasteiger partial charge in [-0.1, -0.05) is 6.08 Å². The summed E-state index contributed by atoms with van der Waals surface area (Å²) in [6, 6.07) is 5.49. The van der Waals surface area contributed by atoms with Gasteiger partial charge < -0.3 is 19.3 Å². The Bertz CT molecular complexity index is 898. The topological polar surface area (TPSA) is 76.2 Å². The van der Waals surface area contributed by atoms with Crippen molar-refractivity contribution in [2.24, 2.45) is 0 Å². The highest BCUT2D eigenvalue weighted by Crippen LogP contribution is 2.34. The number of hydrogen-bond acceptors (Lipinski definition) is 6. The first-order chi connectivity index (χ1) is 13.0. The van der Waals surface area contributed by atoms with Crippen LogP contribution in [-0.4, -0.2) is 38.6 Å². The number of benzene rings is 1. The molecule has 1 amide bonds. The van der Waals surface area contributed by atoms with E-state index in [1.54, 1.807) is 34.2 Å². The van der Waals surface area contributed by atoms with Gasteiger partial charge in [-0.05, 0) is 42.8 Å². The van der Waals surface area contributed by atoms with E-state index >= 15 is 0 Å². The van der Waals surface area contributed by atoms with Crippen LogP contribution in [0.2, 0.25) is 0 Å². The van der Waals surface area contributed by atoms with Crippen molar-refractivity contribution in [3.8, 4) is 0 Å². The number of allylic oxidation sites excluding steroid dienone is 2. The third-order valence-electron chi connectivity index (χ3n) is 4.48. The highest BCUT2D eigenvalue weighted by molar-refractivity contribution is 6.06. The summed E-state index contributed by atoms with van der Waals surface area (Å²) in [6.45, 7) is 2.52. The summed E-state index contributed by atoms with van der Waals surface area (Å²) >= 11 is 0. The smallest absolute Gasteiger partial charge is 0.355 e. The van der Waals surface area contributed by atoms with E-state index in [2.05, 4.69) is 0 Å². The Kier molecular flexibility index (Phi) is 5.12. The molecule has 0 N–H and O–H groups in total. The van der Waals surface area contributed by atoms with Crippen LogP contribution in [0.25, 0.3) is 0 Å². The minimum atomic E-state index is -0.668. The van der Waals surface area contributed by atoms with E-state index in [1.807, 2.05) is 19.1 Å². The predicted octanol–water partition coefficient (Wildman–Crippen LogP) is 2.09. The fourth-order valence-electron chi connectivity index (χ4n) is 3.23. The summed E-state index contributed by atoms with van der Waals surface area (Å²) in [4.78, 5) is 40.1. The number of anilines is 2. The number of carbonyl (C=O) groups excluding carboxylic acids is 3. The number of esters is 2. The lowest BCUT2D eigenvalue weighted by Crippen LogP contribution is -2.27. The molecule has 0 saturated carbocycles. The van der Waals surface area contributed by atoms with Gasteiger partial charge in [-0.2, -0.15) is 0 Å². The number of fused-ring (bicyclic) bond motifs is 1. The van der Waals surface area contributed by atoms with Gasteiger partial charge in [0.1, 0.15) is 5.70 Å². The first-order valence-corrected chi connectivity index (χ1v) is 8.50. The Morgan fingerprint density at radius 3 is 2.52 bits per heavy atom. The second kappa shape index (κ2) is 7.49. The number of hydrogen-bond donors (Lipinski definition) is 0. The van der Waals surface area contributed by atoms with Crippen LogP contribution in [0.3, 0.4) is 0 Å². The van der Waals surface area contributed by atoms with E-state index < -0.39 is 11.9 Å². The average Bonchev–Trinajstić information content (AvgIpc) is 2.85. The van der Waals surface area contributed by atoms with Crippen molar-refractivity contribution in [2.45, 2.75) is 13.3 Å². The van der Waals surface area contributed by atoms with Gasteiger partial charge in [0.2, 0.25) is 5.91 Å². The maximum absolute atomic E-state index is 12.5. The highest BCUT2D eigenvalue weighted by Gasteiger charge is 2.30. The van der Waals surface area contributed by atoms with E-state index in [1.165, 1.54) is 20.3 Å². The molecule has 0 bridgehead atoms. The number of carbonyl (C=O) groups is 3. The largest absolute Gasteiger partial charge is 0.465 e. The van der Waals surface area contributed by atoms with Crippen LogP contribution >= 0.6 is 0 Å². The third-order valence-corrected chi connectivity index (χ3v) is 4.48. The third kappa shape index (κ3) is 3.23. The molecule has 0 fully saturated rings. The lowest BCUT2D eigenvalue weighted by atomic mass is 10.1. The minimum Gasteiger partial charge on any atom is -0.465 e. The number of methoxy groups -OCH3 is 2. The Morgan fingerprint density at radius 1 is 1.11 bits per heavy atom. The maximum atomic E-state index is 12.5. The van der Waals surface area contributed by atoms with Crippen molar-refractivity contribution >= 4 is 29.2 Å². The van der Waals surface area contributed by atoms with E-state index in [0.29, 0.717) is 18.7 Å². The van der Waals surface area contributed by atoms with Gasteiger partial charge in [0.25, 0.3) is 0 Å². The van der Waals surface area contributed by atoms with E-state index in [-0.39, 0.29) is 17.2 Å². The molecule has 2 aliphatic rings. The molecule has 27 heavy (non-hydrogen) atoms. The van der Waals surface area contributed by atoms with Crippen LogP contribution in [0, 0.1) is 0 Å². The maximum Gasteiger partial charge on any atom is 0.355 e. The molecule has 7 nitrogen and oxygen atoms in total. The fourth-order valence-corrected chi connectivity index (χ4v) is 3.23. The number of likely N-dealkylation sites (N-methyl/N-ethyl adjacent to an activating group) is 1. The van der Waals surface area contributed by atoms with E-state index in [0.717, 1.165) is 11.3 Å². The molecule has 0 atom stereocenters. The van der Waals surface area contributed by atoms with Gasteiger partial charge in [0.15, 0.2) is 0 Å². The van der Waals surface area contributed by atoms with Crippen LogP contribution in [0.15, 0.2) is 53.9 Å². The first kappa shape index (κ1) is 18.4. The Labute approximate surface area is 157 Å². The number of rotatable bonds is 4. The SMILES string of the molecule is CCN1C(=O)Cc2cc(N3C=CC=CC(C(=O)OC)=C3C(=O)OC)ccc21. The molecule has 0 spiro atoms. The Hall–Kier alpha value is -3.35. The second-order valence-corrected chi connectivity index (χ2v) is 5.94. The van der Waals surface area contributed by atoms with Crippen molar-refractivity contribution in [1.82, 2.24) is 0 Å². The molecule has 2 heterocycles. The quantitative estimate of drug-likeness (QED) is 0.758. The molecule has 2 aliphatic heterocycles. The summed E-state index contributed by atoms with van der Waals surface area (Å²) in [5.74, 6) is -1.27. The molecule has 1 aromatic carbocycles. The van der Waals surface area contributed by atoms with Gasteiger partial charge in [0.05, 0.1) is 26.2 Å². The molecule has 0 unspecified atom stereocenters. The molecule has 1 aromatic rings. The standard InChI is InChI=1S/C20H20N2O5/c1-4-21-16-9-8-14(11-13(16)12-17(21)23)22-10-6-5-7-15(19(24)26-2)18(22)20(25)27-3/h5-11H,4,12H2,1-3H3. The lowest BCUT2D eigenvalue weighted by Gasteiger charge is -2.24. The minimum absolute atomic E-state index is 0.0386. The van der Waals surface area contributed by atoms with Gasteiger partial charge >= 0.3 is 11.9 Å². The van der Waals surface area contributed by atoms with Crippen LogP contribution in [0.1, 0.15) is 12.5 Å². The van der Waals surface area contributed by atoms with Gasteiger partial charge in [-0.3, -0.25) is 4.79 Å². The van der Waals surface area contributed by atoms with Crippen molar-refractivity contribution < 1.29 is 23.9 Å². The molecular formula is C20H20N2O5. The molecule has 7 heteroatoms. The number of nitrogens with zero attached hydrogens (tertiary/aromatic N) is 2. The fraction of sp³-hybridized carbons (Fsp3) is 0.250. The number of amides is 1. The Balaban J connectivity index is 2.12. The lowest BCUT2D eigenvalue weighted by molar-refractivity contribution is -0.139. The zero-order valence-corrected chi connectivity index (χ0v) is 15.4. The molecule has 3 rings (SSSR count). The molecule has 0 aliphatic carbocycles. The van der Waals surface area contributed by atoms with Crippen molar-refractivity contribution in [3.05, 3.63) is 59.5 Å². The number of ether oxygens (including phenoxy) is 2. The molecule has 0 aromatic heterocycles. The predicted molar refractivity (Wildman–Crippen MR) is 100.0 cm³/mol. The second-order valence-electron chi connectivity index (χ2n) is 5.94. The normalized spacial score (nSPS) is 15.7. The summed E-state index contributed by atoms with van der Waals surface area (Å²) in [6.07, 6.45) is 6.81. The van der Waals surface area contributed by atoms with Crippen LogP contribution in [0.5, 0.6) is 0 Å². The van der Waals surface area contributed by atoms with Gasteiger partial charge in [-0.15, -0.1) is 0 Å². The van der Waals surface area contributed by atoms with Crippen molar-refractivity contribution in [1.29, 1.82) is 0 Å². The van der Waals surface area contributed by atoms with Crippen LogP contribution < -0.4 is 9.80 Å². The first-order valence-electron chi connectivity index (χ1n) is 8.50. The van der Waals surface area contributed by atoms with Crippen LogP contribution in [-0.2, 0) is 30.3 Å². The molecule has 0 radical (unpaired) electrons. The summed E-state index contributed by atoms with van der Waals surface area (Å²) in [5, 5.41) is 0.